The Morgan fingerprint density at radius 1 is 1.09 bits per heavy atom. The fraction of sp³-hybridized carbons (Fsp3) is 0.400. The number of anilines is 1. The van der Waals surface area contributed by atoms with Crippen LogP contribution in [0.3, 0.4) is 0 Å². The number of aliphatic hydroxyl groups is 1. The summed E-state index contributed by atoms with van der Waals surface area (Å²) in [7, 11) is 0. The Bertz CT molecular complexity index is 1050. The molecule has 1 aromatic heterocycles. The quantitative estimate of drug-likeness (QED) is 0.538. The van der Waals surface area contributed by atoms with Gasteiger partial charge < -0.3 is 20.7 Å². The van der Waals surface area contributed by atoms with Crippen molar-refractivity contribution < 1.29 is 19.2 Å². The van der Waals surface area contributed by atoms with Crippen molar-refractivity contribution in [1.29, 1.82) is 0 Å². The Morgan fingerprint density at radius 3 is 2.34 bits per heavy atom. The molecule has 170 valence electrons. The second-order valence-corrected chi connectivity index (χ2v) is 8.85. The average molecular weight is 438 g/mol. The molecule has 0 saturated heterocycles. The van der Waals surface area contributed by atoms with Crippen LogP contribution in [0, 0.1) is 5.41 Å². The lowest BCUT2D eigenvalue weighted by atomic mass is 9.84. The first-order valence-corrected chi connectivity index (χ1v) is 11.0. The molecule has 0 aliphatic heterocycles. The van der Waals surface area contributed by atoms with E-state index in [0.29, 0.717) is 11.4 Å². The first-order valence-electron chi connectivity index (χ1n) is 11.0. The number of carbonyl (C=O) groups excluding carboxylic acids is 2. The van der Waals surface area contributed by atoms with Crippen LogP contribution in [-0.4, -0.2) is 28.7 Å². The number of carbonyl (C=O) groups is 2. The smallest absolute Gasteiger partial charge is 0.294 e. The number of primary amides is 1. The number of nitrogens with two attached hydrogens (primary N) is 1. The van der Waals surface area contributed by atoms with Crippen LogP contribution in [0.1, 0.15) is 68.0 Å². The van der Waals surface area contributed by atoms with Crippen molar-refractivity contribution in [3.05, 3.63) is 59.9 Å². The van der Waals surface area contributed by atoms with Gasteiger partial charge in [0.05, 0.1) is 17.4 Å². The molecule has 0 unspecified atom stereocenters. The molecule has 3 aromatic rings. The minimum Gasteiger partial charge on any atom is -0.395 e. The van der Waals surface area contributed by atoms with Crippen LogP contribution in [0.4, 0.5) is 5.69 Å². The lowest BCUT2D eigenvalue weighted by Crippen LogP contribution is -2.34. The van der Waals surface area contributed by atoms with E-state index in [1.807, 2.05) is 36.4 Å². The third kappa shape index (κ3) is 5.73. The summed E-state index contributed by atoms with van der Waals surface area (Å²) in [6.07, 6.45) is 6.55. The Balaban J connectivity index is 0.000000312. The maximum atomic E-state index is 12.4. The summed E-state index contributed by atoms with van der Waals surface area (Å²) in [6.45, 7) is 2.99. The van der Waals surface area contributed by atoms with E-state index in [0.717, 1.165) is 11.1 Å². The van der Waals surface area contributed by atoms with E-state index in [1.165, 1.54) is 37.7 Å². The van der Waals surface area contributed by atoms with Crippen LogP contribution < -0.4 is 11.1 Å². The minimum absolute atomic E-state index is 0.192. The maximum Gasteiger partial charge on any atom is 0.294 e. The molecule has 7 heteroatoms. The van der Waals surface area contributed by atoms with Gasteiger partial charge in [0.25, 0.3) is 5.91 Å². The topological polar surface area (TPSA) is 118 Å². The second-order valence-electron chi connectivity index (χ2n) is 8.85. The van der Waals surface area contributed by atoms with E-state index in [-0.39, 0.29) is 18.3 Å². The molecule has 4 N–H and O–H groups in total. The Labute approximate surface area is 188 Å². The zero-order chi connectivity index (χ0) is 23.1. The van der Waals surface area contributed by atoms with Gasteiger partial charge in [0.2, 0.25) is 11.7 Å². The van der Waals surface area contributed by atoms with Crippen LogP contribution >= 0.6 is 0 Å². The van der Waals surface area contributed by atoms with Gasteiger partial charge in [-0.1, -0.05) is 48.7 Å². The number of aliphatic hydroxyl groups excluding tert-OH is 1. The number of hydrogen-bond donors (Lipinski definition) is 3. The van der Waals surface area contributed by atoms with Gasteiger partial charge in [-0.2, -0.15) is 0 Å². The highest BCUT2D eigenvalue weighted by Crippen LogP contribution is 2.33. The zero-order valence-corrected chi connectivity index (χ0v) is 18.6. The molecule has 7 nitrogen and oxygen atoms in total. The van der Waals surface area contributed by atoms with Gasteiger partial charge in [-0.05, 0) is 62.4 Å². The van der Waals surface area contributed by atoms with Gasteiger partial charge in [-0.3, -0.25) is 9.59 Å². The molecule has 1 saturated carbocycles. The van der Waals surface area contributed by atoms with Crippen molar-refractivity contribution in [2.24, 2.45) is 11.1 Å². The van der Waals surface area contributed by atoms with Crippen LogP contribution in [0.5, 0.6) is 0 Å². The standard InChI is InChI=1S/C20H20N2O2.C5H11NO2/c23-20(19-17-8-4-5-9-18(17)22-24-19)21-16-12-10-15(11-13-16)14-6-2-1-3-7-14;1-5(2,3-7)4(6)8/h4-5,8-14H,1-3,6-7H2,(H,21,23);7H,3H2,1-2H3,(H2,6,8). The SMILES string of the molecule is CC(C)(CO)C(N)=O.O=C(Nc1ccc(C2CCCCC2)cc1)c1onc2ccccc12. The normalized spacial score (nSPS) is 14.5. The summed E-state index contributed by atoms with van der Waals surface area (Å²) < 4.78 is 5.21. The van der Waals surface area contributed by atoms with Crippen molar-refractivity contribution in [3.63, 3.8) is 0 Å². The molecule has 1 fully saturated rings. The van der Waals surface area contributed by atoms with E-state index < -0.39 is 11.3 Å². The lowest BCUT2D eigenvalue weighted by Gasteiger charge is -2.22. The van der Waals surface area contributed by atoms with Gasteiger partial charge in [0.1, 0.15) is 5.52 Å². The van der Waals surface area contributed by atoms with Crippen molar-refractivity contribution in [1.82, 2.24) is 5.16 Å². The van der Waals surface area contributed by atoms with Crippen molar-refractivity contribution in [2.45, 2.75) is 51.9 Å². The number of nitrogens with zero attached hydrogens (tertiary/aromatic N) is 1. The van der Waals surface area contributed by atoms with E-state index in [9.17, 15) is 9.59 Å². The summed E-state index contributed by atoms with van der Waals surface area (Å²) in [5.41, 5.74) is 6.96. The molecular weight excluding hydrogens is 406 g/mol. The van der Waals surface area contributed by atoms with E-state index in [1.54, 1.807) is 13.8 Å². The third-order valence-electron chi connectivity index (χ3n) is 5.90. The monoisotopic (exact) mass is 437 g/mol. The molecule has 1 aliphatic carbocycles. The van der Waals surface area contributed by atoms with E-state index >= 15 is 0 Å². The predicted octanol–water partition coefficient (Wildman–Crippen LogP) is 4.62. The summed E-state index contributed by atoms with van der Waals surface area (Å²) in [5.74, 6) is 0.179. The number of fused-ring (bicyclic) bond motifs is 1. The fourth-order valence-electron chi connectivity index (χ4n) is 3.59. The molecule has 0 bridgehead atoms. The van der Waals surface area contributed by atoms with Gasteiger partial charge in [0, 0.05) is 5.69 Å². The molecule has 32 heavy (non-hydrogen) atoms. The molecule has 2 amide bonds. The van der Waals surface area contributed by atoms with Gasteiger partial charge in [-0.15, -0.1) is 0 Å². The maximum absolute atomic E-state index is 12.4. The highest BCUT2D eigenvalue weighted by molar-refractivity contribution is 6.10. The lowest BCUT2D eigenvalue weighted by molar-refractivity contribution is -0.127. The fourth-order valence-corrected chi connectivity index (χ4v) is 3.59. The van der Waals surface area contributed by atoms with Crippen molar-refractivity contribution >= 4 is 28.4 Å². The summed E-state index contributed by atoms with van der Waals surface area (Å²) >= 11 is 0. The number of rotatable bonds is 5. The first-order chi connectivity index (χ1) is 15.3. The highest BCUT2D eigenvalue weighted by Gasteiger charge is 2.23. The molecule has 0 spiro atoms. The van der Waals surface area contributed by atoms with Crippen LogP contribution in [0.2, 0.25) is 0 Å². The Morgan fingerprint density at radius 2 is 1.75 bits per heavy atom. The van der Waals surface area contributed by atoms with Crippen molar-refractivity contribution in [3.8, 4) is 0 Å². The molecule has 2 aromatic carbocycles. The molecule has 1 aliphatic rings. The van der Waals surface area contributed by atoms with Gasteiger partial charge in [0.15, 0.2) is 0 Å². The molecule has 4 rings (SSSR count). The summed E-state index contributed by atoms with van der Waals surface area (Å²) in [4.78, 5) is 22.7. The summed E-state index contributed by atoms with van der Waals surface area (Å²) in [6, 6.07) is 15.6. The molecule has 1 heterocycles. The van der Waals surface area contributed by atoms with Crippen LogP contribution in [0.15, 0.2) is 53.1 Å². The number of benzene rings is 2. The van der Waals surface area contributed by atoms with Crippen molar-refractivity contribution in [2.75, 3.05) is 11.9 Å². The average Bonchev–Trinajstić information content (AvgIpc) is 3.25. The summed E-state index contributed by atoms with van der Waals surface area (Å²) in [5, 5.41) is 16.0. The number of hydrogen-bond acceptors (Lipinski definition) is 5. The zero-order valence-electron chi connectivity index (χ0n) is 18.6. The first kappa shape index (κ1) is 23.5. The van der Waals surface area contributed by atoms with Crippen LogP contribution in [-0.2, 0) is 4.79 Å². The van der Waals surface area contributed by atoms with Crippen LogP contribution in [0.25, 0.3) is 10.9 Å². The number of amides is 2. The van der Waals surface area contributed by atoms with E-state index in [4.69, 9.17) is 15.4 Å². The number of nitrogens with one attached hydrogen (secondary N) is 1. The Kier molecular flexibility index (Phi) is 7.64. The Hall–Kier alpha value is -3.19. The van der Waals surface area contributed by atoms with E-state index in [2.05, 4.69) is 22.6 Å². The minimum atomic E-state index is -0.764. The number of aromatic nitrogens is 1. The van der Waals surface area contributed by atoms with Gasteiger partial charge in [-0.25, -0.2) is 0 Å². The predicted molar refractivity (Wildman–Crippen MR) is 124 cm³/mol. The highest BCUT2D eigenvalue weighted by atomic mass is 16.5. The molecule has 0 radical (unpaired) electrons. The molecular formula is C25H31N3O4. The second kappa shape index (κ2) is 10.4. The van der Waals surface area contributed by atoms with Gasteiger partial charge >= 0.3 is 0 Å². The largest absolute Gasteiger partial charge is 0.395 e. The third-order valence-corrected chi connectivity index (χ3v) is 5.90. The molecule has 0 atom stereocenters.